The van der Waals surface area contributed by atoms with Crippen LogP contribution in [0.3, 0.4) is 0 Å². The van der Waals surface area contributed by atoms with E-state index in [2.05, 4.69) is 50.0 Å². The van der Waals surface area contributed by atoms with Crippen LogP contribution < -0.4 is 5.73 Å². The smallest absolute Gasteiger partial charge is 0.0958 e. The molecule has 0 atom stereocenters. The van der Waals surface area contributed by atoms with E-state index in [1.165, 1.54) is 27.8 Å². The molecule has 0 spiro atoms. The summed E-state index contributed by atoms with van der Waals surface area (Å²) in [6, 6.07) is 4.45. The van der Waals surface area contributed by atoms with E-state index in [-0.39, 0.29) is 0 Å². The number of aryl methyl sites for hydroxylation is 4. The molecular formula is C15H21N3. The van der Waals surface area contributed by atoms with Crippen LogP contribution in [0, 0.1) is 27.7 Å². The Bertz CT molecular complexity index is 567. The van der Waals surface area contributed by atoms with Gasteiger partial charge >= 0.3 is 0 Å². The Labute approximate surface area is 108 Å². The van der Waals surface area contributed by atoms with Gasteiger partial charge in [0.25, 0.3) is 0 Å². The van der Waals surface area contributed by atoms with Gasteiger partial charge in [-0.25, -0.2) is 0 Å². The third kappa shape index (κ3) is 2.18. The molecule has 0 fully saturated rings. The molecule has 0 bridgehead atoms. The summed E-state index contributed by atoms with van der Waals surface area (Å²) in [5.41, 5.74) is 14.2. The van der Waals surface area contributed by atoms with E-state index in [9.17, 15) is 0 Å². The first-order valence-electron chi connectivity index (χ1n) is 6.36. The summed E-state index contributed by atoms with van der Waals surface area (Å²) in [4.78, 5) is 0. The van der Waals surface area contributed by atoms with Gasteiger partial charge in [0, 0.05) is 16.8 Å². The molecule has 2 aromatic rings. The molecule has 18 heavy (non-hydrogen) atoms. The summed E-state index contributed by atoms with van der Waals surface area (Å²) in [6.45, 7) is 9.12. The molecule has 0 aliphatic heterocycles. The average molecular weight is 243 g/mol. The topological polar surface area (TPSA) is 54.7 Å². The molecule has 0 unspecified atom stereocenters. The normalized spacial score (nSPS) is 10.9. The monoisotopic (exact) mass is 243 g/mol. The van der Waals surface area contributed by atoms with E-state index in [1.807, 2.05) is 0 Å². The van der Waals surface area contributed by atoms with Crippen LogP contribution in [0.5, 0.6) is 0 Å². The zero-order chi connectivity index (χ0) is 13.3. The molecule has 0 aliphatic rings. The summed E-state index contributed by atoms with van der Waals surface area (Å²) in [7, 11) is 0. The fraction of sp³-hybridized carbons (Fsp3) is 0.400. The maximum Gasteiger partial charge on any atom is 0.0958 e. The largest absolute Gasteiger partial charge is 0.330 e. The van der Waals surface area contributed by atoms with E-state index in [1.54, 1.807) is 0 Å². The molecule has 1 aromatic heterocycles. The van der Waals surface area contributed by atoms with E-state index in [0.29, 0.717) is 6.54 Å². The van der Waals surface area contributed by atoms with Crippen LogP contribution in [0.4, 0.5) is 0 Å². The molecule has 1 aromatic carbocycles. The first kappa shape index (κ1) is 12.8. The van der Waals surface area contributed by atoms with Gasteiger partial charge in [0.1, 0.15) is 0 Å². The van der Waals surface area contributed by atoms with Crippen LogP contribution in [0.1, 0.15) is 27.9 Å². The molecule has 0 saturated carbocycles. The Morgan fingerprint density at radius 2 is 1.72 bits per heavy atom. The van der Waals surface area contributed by atoms with Crippen LogP contribution >= 0.6 is 0 Å². The zero-order valence-electron chi connectivity index (χ0n) is 11.6. The van der Waals surface area contributed by atoms with Crippen molar-refractivity contribution >= 4 is 0 Å². The van der Waals surface area contributed by atoms with Crippen molar-refractivity contribution in [1.82, 2.24) is 10.2 Å². The van der Waals surface area contributed by atoms with Crippen molar-refractivity contribution in [3.05, 3.63) is 40.1 Å². The summed E-state index contributed by atoms with van der Waals surface area (Å²) >= 11 is 0. The second-order valence-electron chi connectivity index (χ2n) is 4.97. The minimum Gasteiger partial charge on any atom is -0.330 e. The fourth-order valence-electron chi connectivity index (χ4n) is 2.34. The lowest BCUT2D eigenvalue weighted by molar-refractivity contribution is 0.957. The summed E-state index contributed by atoms with van der Waals surface area (Å²) in [6.07, 6.45) is 0.865. The summed E-state index contributed by atoms with van der Waals surface area (Å²) < 4.78 is 0. The molecule has 0 radical (unpaired) electrons. The van der Waals surface area contributed by atoms with Gasteiger partial charge in [-0.05, 0) is 63.4 Å². The Morgan fingerprint density at radius 3 is 2.39 bits per heavy atom. The van der Waals surface area contributed by atoms with Gasteiger partial charge in [-0.1, -0.05) is 6.07 Å². The van der Waals surface area contributed by atoms with Crippen LogP contribution in [0.2, 0.25) is 0 Å². The molecular weight excluding hydrogens is 222 g/mol. The summed E-state index contributed by atoms with van der Waals surface area (Å²) in [5.74, 6) is 0. The Balaban J connectivity index is 2.58. The second-order valence-corrected chi connectivity index (χ2v) is 4.97. The van der Waals surface area contributed by atoms with Gasteiger partial charge in [-0.2, -0.15) is 5.10 Å². The van der Waals surface area contributed by atoms with E-state index in [4.69, 9.17) is 5.73 Å². The average Bonchev–Trinajstić information content (AvgIpc) is 2.67. The number of H-pyrrole nitrogens is 1. The van der Waals surface area contributed by atoms with Crippen LogP contribution in [0.25, 0.3) is 11.3 Å². The predicted octanol–water partition coefficient (Wildman–Crippen LogP) is 2.81. The molecule has 1 heterocycles. The number of nitrogens with one attached hydrogen (secondary N) is 1. The second kappa shape index (κ2) is 4.94. The number of nitrogens with two attached hydrogens (primary N) is 1. The SMILES string of the molecule is Cc1cc(C)c(-c2n[nH]c(C)c2CCN)cc1C. The third-order valence-electron chi connectivity index (χ3n) is 3.56. The molecule has 3 heteroatoms. The number of hydrogen-bond acceptors (Lipinski definition) is 2. The van der Waals surface area contributed by atoms with Crippen molar-refractivity contribution in [3.8, 4) is 11.3 Å². The van der Waals surface area contributed by atoms with Crippen LogP contribution in [-0.4, -0.2) is 16.7 Å². The van der Waals surface area contributed by atoms with Gasteiger partial charge in [0.05, 0.1) is 5.69 Å². The molecule has 2 rings (SSSR count). The standard InChI is InChI=1S/C15H21N3/c1-9-7-11(3)14(8-10(9)2)15-13(5-6-16)12(4)17-18-15/h7-8H,5-6,16H2,1-4H3,(H,17,18). The van der Waals surface area contributed by atoms with Crippen molar-refractivity contribution in [2.45, 2.75) is 34.1 Å². The van der Waals surface area contributed by atoms with Crippen LogP contribution in [0.15, 0.2) is 12.1 Å². The Morgan fingerprint density at radius 1 is 1.06 bits per heavy atom. The lowest BCUT2D eigenvalue weighted by Crippen LogP contribution is -2.04. The first-order valence-corrected chi connectivity index (χ1v) is 6.36. The van der Waals surface area contributed by atoms with Gasteiger partial charge in [-0.3, -0.25) is 5.10 Å². The minimum atomic E-state index is 0.650. The predicted molar refractivity (Wildman–Crippen MR) is 75.7 cm³/mol. The number of hydrogen-bond donors (Lipinski definition) is 2. The highest BCUT2D eigenvalue weighted by atomic mass is 15.1. The quantitative estimate of drug-likeness (QED) is 0.871. The molecule has 3 nitrogen and oxygen atoms in total. The number of benzene rings is 1. The molecule has 0 amide bonds. The highest BCUT2D eigenvalue weighted by Gasteiger charge is 2.14. The van der Waals surface area contributed by atoms with E-state index < -0.39 is 0 Å². The molecule has 96 valence electrons. The van der Waals surface area contributed by atoms with Crippen molar-refractivity contribution in [3.63, 3.8) is 0 Å². The van der Waals surface area contributed by atoms with Gasteiger partial charge < -0.3 is 5.73 Å². The molecule has 0 aliphatic carbocycles. The first-order chi connectivity index (χ1) is 8.54. The van der Waals surface area contributed by atoms with Crippen molar-refractivity contribution < 1.29 is 0 Å². The van der Waals surface area contributed by atoms with E-state index in [0.717, 1.165) is 17.8 Å². The third-order valence-corrected chi connectivity index (χ3v) is 3.56. The van der Waals surface area contributed by atoms with Crippen LogP contribution in [-0.2, 0) is 6.42 Å². The van der Waals surface area contributed by atoms with E-state index >= 15 is 0 Å². The maximum absolute atomic E-state index is 5.69. The Kier molecular flexibility index (Phi) is 3.53. The van der Waals surface area contributed by atoms with Crippen molar-refractivity contribution in [2.24, 2.45) is 5.73 Å². The molecule has 0 saturated heterocycles. The number of aromatic amines is 1. The number of rotatable bonds is 3. The minimum absolute atomic E-state index is 0.650. The maximum atomic E-state index is 5.69. The van der Waals surface area contributed by atoms with Gasteiger partial charge in [0.15, 0.2) is 0 Å². The lowest BCUT2D eigenvalue weighted by atomic mass is 9.95. The number of aromatic nitrogens is 2. The Hall–Kier alpha value is -1.61. The fourth-order valence-corrected chi connectivity index (χ4v) is 2.34. The molecule has 3 N–H and O–H groups in total. The summed E-state index contributed by atoms with van der Waals surface area (Å²) in [5, 5.41) is 7.53. The highest BCUT2D eigenvalue weighted by Crippen LogP contribution is 2.29. The van der Waals surface area contributed by atoms with Gasteiger partial charge in [-0.15, -0.1) is 0 Å². The van der Waals surface area contributed by atoms with Crippen molar-refractivity contribution in [2.75, 3.05) is 6.54 Å². The lowest BCUT2D eigenvalue weighted by Gasteiger charge is -2.09. The van der Waals surface area contributed by atoms with Crippen molar-refractivity contribution in [1.29, 1.82) is 0 Å². The van der Waals surface area contributed by atoms with Gasteiger partial charge in [0.2, 0.25) is 0 Å². The highest BCUT2D eigenvalue weighted by molar-refractivity contribution is 5.69. The zero-order valence-corrected chi connectivity index (χ0v) is 11.6. The number of nitrogens with zero attached hydrogens (tertiary/aromatic N) is 1.